The molecule has 2 rings (SSSR count). The Morgan fingerprint density at radius 2 is 2.32 bits per heavy atom. The standard InChI is InChI=1S/C13H17BrN4O/c1-3-18-13(11(19-2)8-16-18)12(17-15)9-5-4-6-10(14)7-9/h4-8,12,17H,3,15H2,1-2H3. The number of benzene rings is 1. The number of aryl methyl sites for hydroxylation is 1. The average molecular weight is 325 g/mol. The highest BCUT2D eigenvalue weighted by Crippen LogP contribution is 2.30. The lowest BCUT2D eigenvalue weighted by molar-refractivity contribution is 0.399. The summed E-state index contributed by atoms with van der Waals surface area (Å²) in [5.41, 5.74) is 4.80. The van der Waals surface area contributed by atoms with E-state index < -0.39 is 0 Å². The molecule has 102 valence electrons. The van der Waals surface area contributed by atoms with Gasteiger partial charge in [0.2, 0.25) is 0 Å². The van der Waals surface area contributed by atoms with Crippen LogP contribution >= 0.6 is 15.9 Å². The van der Waals surface area contributed by atoms with Crippen molar-refractivity contribution in [1.29, 1.82) is 0 Å². The number of hydrogen-bond acceptors (Lipinski definition) is 4. The van der Waals surface area contributed by atoms with Gasteiger partial charge in [-0.25, -0.2) is 5.43 Å². The highest BCUT2D eigenvalue weighted by atomic mass is 79.9. The third kappa shape index (κ3) is 2.80. The Bertz CT molecular complexity index is 534. The van der Waals surface area contributed by atoms with Crippen molar-refractivity contribution < 1.29 is 4.74 Å². The molecule has 0 bridgehead atoms. The van der Waals surface area contributed by atoms with Crippen LogP contribution in [0.3, 0.4) is 0 Å². The molecule has 0 saturated carbocycles. The summed E-state index contributed by atoms with van der Waals surface area (Å²) in [6.07, 6.45) is 1.71. The molecule has 1 heterocycles. The van der Waals surface area contributed by atoms with Crippen LogP contribution in [0.15, 0.2) is 34.9 Å². The summed E-state index contributed by atoms with van der Waals surface area (Å²) in [6.45, 7) is 2.79. The molecule has 0 spiro atoms. The van der Waals surface area contributed by atoms with E-state index >= 15 is 0 Å². The summed E-state index contributed by atoms with van der Waals surface area (Å²) in [6, 6.07) is 7.82. The monoisotopic (exact) mass is 324 g/mol. The largest absolute Gasteiger partial charge is 0.493 e. The summed E-state index contributed by atoms with van der Waals surface area (Å²) in [7, 11) is 1.63. The van der Waals surface area contributed by atoms with Gasteiger partial charge in [-0.15, -0.1) is 0 Å². The fraction of sp³-hybridized carbons (Fsp3) is 0.308. The Morgan fingerprint density at radius 1 is 1.53 bits per heavy atom. The lowest BCUT2D eigenvalue weighted by atomic mass is 10.0. The van der Waals surface area contributed by atoms with Crippen molar-refractivity contribution in [2.75, 3.05) is 7.11 Å². The average Bonchev–Trinajstić information content (AvgIpc) is 2.83. The van der Waals surface area contributed by atoms with Gasteiger partial charge in [0, 0.05) is 11.0 Å². The molecule has 1 atom stereocenters. The fourth-order valence-electron chi connectivity index (χ4n) is 2.10. The van der Waals surface area contributed by atoms with Crippen molar-refractivity contribution in [3.05, 3.63) is 46.2 Å². The lowest BCUT2D eigenvalue weighted by Gasteiger charge is -2.19. The van der Waals surface area contributed by atoms with Crippen molar-refractivity contribution in [3.8, 4) is 5.75 Å². The molecule has 6 heteroatoms. The Hall–Kier alpha value is -1.37. The molecule has 0 fully saturated rings. The van der Waals surface area contributed by atoms with Crippen LogP contribution in [0.1, 0.15) is 24.2 Å². The number of nitrogens with one attached hydrogen (secondary N) is 1. The van der Waals surface area contributed by atoms with E-state index in [0.29, 0.717) is 0 Å². The van der Waals surface area contributed by atoms with Gasteiger partial charge >= 0.3 is 0 Å². The zero-order chi connectivity index (χ0) is 13.8. The van der Waals surface area contributed by atoms with Crippen LogP contribution in [0.2, 0.25) is 0 Å². The second kappa shape index (κ2) is 6.18. The topological polar surface area (TPSA) is 65.1 Å². The second-order valence-electron chi connectivity index (χ2n) is 4.07. The maximum atomic E-state index is 5.73. The first-order chi connectivity index (χ1) is 9.21. The Kier molecular flexibility index (Phi) is 4.57. The number of aromatic nitrogens is 2. The predicted octanol–water partition coefficient (Wildman–Crippen LogP) is 2.23. The van der Waals surface area contributed by atoms with E-state index in [0.717, 1.165) is 28.0 Å². The van der Waals surface area contributed by atoms with Crippen molar-refractivity contribution in [1.82, 2.24) is 15.2 Å². The van der Waals surface area contributed by atoms with Gasteiger partial charge in [0.1, 0.15) is 5.69 Å². The van der Waals surface area contributed by atoms with E-state index in [2.05, 4.69) is 26.5 Å². The van der Waals surface area contributed by atoms with E-state index in [1.165, 1.54) is 0 Å². The molecule has 5 nitrogen and oxygen atoms in total. The number of nitrogens with zero attached hydrogens (tertiary/aromatic N) is 2. The molecule has 3 N–H and O–H groups in total. The molecule has 1 unspecified atom stereocenters. The van der Waals surface area contributed by atoms with Crippen molar-refractivity contribution in [2.24, 2.45) is 5.84 Å². The maximum absolute atomic E-state index is 5.73. The summed E-state index contributed by atoms with van der Waals surface area (Å²) in [4.78, 5) is 0. The second-order valence-corrected chi connectivity index (χ2v) is 4.98. The van der Waals surface area contributed by atoms with E-state index in [1.807, 2.05) is 35.9 Å². The molecule has 0 radical (unpaired) electrons. The minimum atomic E-state index is -0.171. The van der Waals surface area contributed by atoms with Crippen LogP contribution in [0.5, 0.6) is 5.75 Å². The number of hydrazine groups is 1. The first-order valence-electron chi connectivity index (χ1n) is 6.02. The summed E-state index contributed by atoms with van der Waals surface area (Å²) < 4.78 is 8.26. The van der Waals surface area contributed by atoms with Gasteiger partial charge in [-0.1, -0.05) is 28.1 Å². The number of hydrogen-bond donors (Lipinski definition) is 2. The van der Waals surface area contributed by atoms with Gasteiger partial charge in [0.05, 0.1) is 19.3 Å². The molecule has 0 amide bonds. The summed E-state index contributed by atoms with van der Waals surface area (Å²) in [5, 5.41) is 4.31. The number of rotatable bonds is 5. The molecule has 0 aliphatic heterocycles. The molecule has 19 heavy (non-hydrogen) atoms. The number of ether oxygens (including phenoxy) is 1. The van der Waals surface area contributed by atoms with Crippen LogP contribution in [0.25, 0.3) is 0 Å². The predicted molar refractivity (Wildman–Crippen MR) is 77.8 cm³/mol. The minimum Gasteiger partial charge on any atom is -0.493 e. The van der Waals surface area contributed by atoms with Gasteiger partial charge < -0.3 is 4.74 Å². The Morgan fingerprint density at radius 3 is 2.89 bits per heavy atom. The summed E-state index contributed by atoms with van der Waals surface area (Å²) >= 11 is 3.47. The van der Waals surface area contributed by atoms with Gasteiger partial charge in [-0.05, 0) is 24.6 Å². The normalized spacial score (nSPS) is 12.4. The number of methoxy groups -OCH3 is 1. The lowest BCUT2D eigenvalue weighted by Crippen LogP contribution is -2.31. The van der Waals surface area contributed by atoms with E-state index in [9.17, 15) is 0 Å². The third-order valence-electron chi connectivity index (χ3n) is 2.99. The molecule has 0 saturated heterocycles. The first kappa shape index (κ1) is 14.0. The molecule has 1 aromatic heterocycles. The van der Waals surface area contributed by atoms with Gasteiger partial charge in [-0.2, -0.15) is 5.10 Å². The maximum Gasteiger partial charge on any atom is 0.161 e. The van der Waals surface area contributed by atoms with Gasteiger partial charge in [0.15, 0.2) is 5.75 Å². The SMILES string of the molecule is CCn1ncc(OC)c1C(NN)c1cccc(Br)c1. The zero-order valence-electron chi connectivity index (χ0n) is 10.9. The molecule has 0 aliphatic carbocycles. The van der Waals surface area contributed by atoms with Crippen LogP contribution < -0.4 is 16.0 Å². The van der Waals surface area contributed by atoms with Crippen molar-refractivity contribution in [3.63, 3.8) is 0 Å². The fourth-order valence-corrected chi connectivity index (χ4v) is 2.51. The van der Waals surface area contributed by atoms with Crippen LogP contribution in [0.4, 0.5) is 0 Å². The number of nitrogens with two attached hydrogens (primary N) is 1. The highest BCUT2D eigenvalue weighted by Gasteiger charge is 2.22. The molecule has 2 aromatic rings. The quantitative estimate of drug-likeness (QED) is 0.654. The van der Waals surface area contributed by atoms with E-state index in [4.69, 9.17) is 10.6 Å². The Labute approximate surface area is 120 Å². The van der Waals surface area contributed by atoms with Crippen LogP contribution in [-0.2, 0) is 6.54 Å². The van der Waals surface area contributed by atoms with E-state index in [1.54, 1.807) is 13.3 Å². The molecule has 1 aromatic carbocycles. The summed E-state index contributed by atoms with van der Waals surface area (Å²) in [5.74, 6) is 6.46. The zero-order valence-corrected chi connectivity index (χ0v) is 12.5. The molecule has 0 aliphatic rings. The van der Waals surface area contributed by atoms with Crippen molar-refractivity contribution in [2.45, 2.75) is 19.5 Å². The van der Waals surface area contributed by atoms with Crippen LogP contribution in [-0.4, -0.2) is 16.9 Å². The number of halogens is 1. The minimum absolute atomic E-state index is 0.171. The van der Waals surface area contributed by atoms with Gasteiger partial charge in [0.25, 0.3) is 0 Å². The molecular formula is C13H17BrN4O. The first-order valence-corrected chi connectivity index (χ1v) is 6.81. The smallest absolute Gasteiger partial charge is 0.161 e. The highest BCUT2D eigenvalue weighted by molar-refractivity contribution is 9.10. The Balaban J connectivity index is 2.50. The van der Waals surface area contributed by atoms with E-state index in [-0.39, 0.29) is 6.04 Å². The van der Waals surface area contributed by atoms with Gasteiger partial charge in [-0.3, -0.25) is 10.5 Å². The molecular weight excluding hydrogens is 308 g/mol. The van der Waals surface area contributed by atoms with Crippen LogP contribution in [0, 0.1) is 0 Å². The van der Waals surface area contributed by atoms with Crippen molar-refractivity contribution >= 4 is 15.9 Å². The third-order valence-corrected chi connectivity index (χ3v) is 3.48.